The van der Waals surface area contributed by atoms with E-state index in [-0.39, 0.29) is 23.6 Å². The monoisotopic (exact) mass is 462 g/mol. The van der Waals surface area contributed by atoms with Gasteiger partial charge in [0.15, 0.2) is 0 Å². The summed E-state index contributed by atoms with van der Waals surface area (Å²) in [7, 11) is 0. The zero-order valence-corrected chi connectivity index (χ0v) is 19.5. The van der Waals surface area contributed by atoms with Crippen LogP contribution in [0, 0.1) is 5.92 Å². The molecule has 0 aromatic rings. The molecule has 0 aromatic heterocycles. The van der Waals surface area contributed by atoms with Crippen molar-refractivity contribution in [2.45, 2.75) is 63.7 Å². The van der Waals surface area contributed by atoms with Crippen LogP contribution in [-0.2, 0) is 19.2 Å². The number of amides is 3. The highest BCUT2D eigenvalue weighted by Crippen LogP contribution is 2.10. The molecule has 30 heavy (non-hydrogen) atoms. The molecule has 0 aliphatic carbocycles. The molecule has 4 atom stereocenters. The van der Waals surface area contributed by atoms with E-state index in [1.807, 2.05) is 20.1 Å². The number of thiol groups is 1. The molecule has 3 amide bonds. The summed E-state index contributed by atoms with van der Waals surface area (Å²) in [5.41, 5.74) is 0. The molecule has 1 fully saturated rings. The van der Waals surface area contributed by atoms with Gasteiger partial charge in [0.2, 0.25) is 17.7 Å². The second kappa shape index (κ2) is 13.8. The van der Waals surface area contributed by atoms with Crippen molar-refractivity contribution in [3.63, 3.8) is 0 Å². The average Bonchev–Trinajstić information content (AvgIpc) is 3.22. The molecule has 1 aliphatic rings. The van der Waals surface area contributed by atoms with E-state index in [1.165, 1.54) is 11.8 Å². The van der Waals surface area contributed by atoms with Gasteiger partial charge in [-0.3, -0.25) is 14.4 Å². The molecule has 0 radical (unpaired) electrons. The molecule has 0 aromatic carbocycles. The molecule has 1 saturated heterocycles. The van der Waals surface area contributed by atoms with E-state index in [0.717, 1.165) is 19.4 Å². The summed E-state index contributed by atoms with van der Waals surface area (Å²) >= 11 is 5.46. The second-order valence-corrected chi connectivity index (χ2v) is 9.12. The Morgan fingerprint density at radius 2 is 1.73 bits per heavy atom. The van der Waals surface area contributed by atoms with E-state index in [4.69, 9.17) is 5.11 Å². The highest BCUT2D eigenvalue weighted by atomic mass is 32.2. The lowest BCUT2D eigenvalue weighted by Crippen LogP contribution is -2.57. The highest BCUT2D eigenvalue weighted by Gasteiger charge is 2.31. The summed E-state index contributed by atoms with van der Waals surface area (Å²) in [6.07, 6.45) is 4.27. The molecular formula is C19H34N4O5S2. The number of carboxylic acids is 1. The van der Waals surface area contributed by atoms with Gasteiger partial charge >= 0.3 is 5.97 Å². The molecule has 172 valence electrons. The first-order valence-corrected chi connectivity index (χ1v) is 12.2. The third kappa shape index (κ3) is 9.13. The van der Waals surface area contributed by atoms with E-state index in [2.05, 4.69) is 33.9 Å². The second-order valence-electron chi connectivity index (χ2n) is 7.76. The Kier molecular flexibility index (Phi) is 12.2. The predicted octanol–water partition coefficient (Wildman–Crippen LogP) is 0.00640. The number of rotatable bonds is 13. The smallest absolute Gasteiger partial charge is 0.327 e. The Bertz CT molecular complexity index is 599. The normalized spacial score (nSPS) is 19.0. The van der Waals surface area contributed by atoms with Gasteiger partial charge in [-0.1, -0.05) is 13.8 Å². The Hall–Kier alpha value is -1.46. The fourth-order valence-corrected chi connectivity index (χ4v) is 3.84. The molecular weight excluding hydrogens is 428 g/mol. The van der Waals surface area contributed by atoms with Gasteiger partial charge < -0.3 is 26.4 Å². The van der Waals surface area contributed by atoms with Crippen LogP contribution in [0.3, 0.4) is 0 Å². The van der Waals surface area contributed by atoms with Crippen LogP contribution >= 0.6 is 24.4 Å². The van der Waals surface area contributed by atoms with Crippen LogP contribution in [0.4, 0.5) is 0 Å². The molecule has 0 spiro atoms. The molecule has 0 saturated carbocycles. The fraction of sp³-hybridized carbons (Fsp3) is 0.789. The van der Waals surface area contributed by atoms with Gasteiger partial charge in [-0.15, -0.1) is 0 Å². The van der Waals surface area contributed by atoms with Gasteiger partial charge in [0.05, 0.1) is 6.04 Å². The van der Waals surface area contributed by atoms with Crippen LogP contribution < -0.4 is 21.3 Å². The maximum absolute atomic E-state index is 12.9. The van der Waals surface area contributed by atoms with Crippen molar-refractivity contribution < 1.29 is 24.3 Å². The summed E-state index contributed by atoms with van der Waals surface area (Å²) in [4.78, 5) is 49.2. The van der Waals surface area contributed by atoms with Crippen LogP contribution in [0.5, 0.6) is 0 Å². The molecule has 11 heteroatoms. The summed E-state index contributed by atoms with van der Waals surface area (Å²) in [5, 5.41) is 20.2. The first kappa shape index (κ1) is 26.6. The SMILES string of the molecule is CSCCC(NC(=O)C(CC(C)C)NC(=O)C1CCCN1)C(=O)NC(CS)C(=O)O. The molecule has 4 unspecified atom stereocenters. The molecule has 1 aliphatic heterocycles. The lowest BCUT2D eigenvalue weighted by molar-refractivity contribution is -0.141. The predicted molar refractivity (Wildman–Crippen MR) is 121 cm³/mol. The maximum Gasteiger partial charge on any atom is 0.327 e. The molecule has 0 bridgehead atoms. The zero-order valence-electron chi connectivity index (χ0n) is 17.8. The number of carbonyl (C=O) groups is 4. The van der Waals surface area contributed by atoms with Crippen molar-refractivity contribution in [1.82, 2.24) is 21.3 Å². The summed E-state index contributed by atoms with van der Waals surface area (Å²) in [6, 6.07) is -3.13. The Balaban J connectivity index is 2.85. The molecule has 1 rings (SSSR count). The summed E-state index contributed by atoms with van der Waals surface area (Å²) in [6.45, 7) is 4.66. The molecule has 9 nitrogen and oxygen atoms in total. The number of thioether (sulfide) groups is 1. The van der Waals surface area contributed by atoms with Gasteiger partial charge in [0.1, 0.15) is 18.1 Å². The third-order valence-electron chi connectivity index (χ3n) is 4.76. The third-order valence-corrected chi connectivity index (χ3v) is 5.77. The van der Waals surface area contributed by atoms with Gasteiger partial charge in [0, 0.05) is 5.75 Å². The Labute approximate surface area is 187 Å². The minimum absolute atomic E-state index is 0.0648. The van der Waals surface area contributed by atoms with E-state index in [0.29, 0.717) is 18.6 Å². The van der Waals surface area contributed by atoms with Gasteiger partial charge in [-0.2, -0.15) is 24.4 Å². The average molecular weight is 463 g/mol. The maximum atomic E-state index is 12.9. The lowest BCUT2D eigenvalue weighted by Gasteiger charge is -2.25. The highest BCUT2D eigenvalue weighted by molar-refractivity contribution is 7.98. The number of carbonyl (C=O) groups excluding carboxylic acids is 3. The number of carboxylic acid groups (broad SMARTS) is 1. The first-order valence-electron chi connectivity index (χ1n) is 10.2. The summed E-state index contributed by atoms with van der Waals surface area (Å²) in [5.74, 6) is -1.76. The fourth-order valence-electron chi connectivity index (χ4n) is 3.12. The van der Waals surface area contributed by atoms with Crippen molar-refractivity contribution >= 4 is 48.1 Å². The van der Waals surface area contributed by atoms with Crippen molar-refractivity contribution in [1.29, 1.82) is 0 Å². The van der Waals surface area contributed by atoms with E-state index in [9.17, 15) is 19.2 Å². The van der Waals surface area contributed by atoms with Crippen LogP contribution in [0.15, 0.2) is 0 Å². The Morgan fingerprint density at radius 3 is 2.23 bits per heavy atom. The minimum Gasteiger partial charge on any atom is -0.480 e. The minimum atomic E-state index is -1.19. The standard InChI is InChI=1S/C19H34N4O5S2/c1-11(2)9-14(22-16(24)12-5-4-7-20-12)18(26)21-13(6-8-30-3)17(25)23-15(10-29)19(27)28/h11-15,20,29H,4-10H2,1-3H3,(H,21,26)(H,22,24)(H,23,25)(H,27,28). The van der Waals surface area contributed by atoms with Crippen LogP contribution in [0.25, 0.3) is 0 Å². The first-order chi connectivity index (χ1) is 14.2. The van der Waals surface area contributed by atoms with E-state index < -0.39 is 35.9 Å². The number of aliphatic carboxylic acids is 1. The Morgan fingerprint density at radius 1 is 1.10 bits per heavy atom. The van der Waals surface area contributed by atoms with E-state index in [1.54, 1.807) is 0 Å². The van der Waals surface area contributed by atoms with Crippen LogP contribution in [0.2, 0.25) is 0 Å². The van der Waals surface area contributed by atoms with Crippen LogP contribution in [0.1, 0.15) is 39.5 Å². The van der Waals surface area contributed by atoms with Gasteiger partial charge in [0.25, 0.3) is 0 Å². The zero-order chi connectivity index (χ0) is 22.7. The van der Waals surface area contributed by atoms with Crippen molar-refractivity contribution in [2.75, 3.05) is 24.3 Å². The number of hydrogen-bond donors (Lipinski definition) is 6. The lowest BCUT2D eigenvalue weighted by atomic mass is 10.0. The topological polar surface area (TPSA) is 137 Å². The largest absolute Gasteiger partial charge is 0.480 e. The van der Waals surface area contributed by atoms with Crippen molar-refractivity contribution in [2.24, 2.45) is 5.92 Å². The number of hydrogen-bond acceptors (Lipinski definition) is 7. The number of nitrogens with one attached hydrogen (secondary N) is 4. The molecule has 5 N–H and O–H groups in total. The van der Waals surface area contributed by atoms with Gasteiger partial charge in [-0.05, 0) is 50.2 Å². The van der Waals surface area contributed by atoms with Crippen molar-refractivity contribution in [3.8, 4) is 0 Å². The van der Waals surface area contributed by atoms with Crippen LogP contribution in [-0.4, -0.2) is 77.3 Å². The van der Waals surface area contributed by atoms with E-state index >= 15 is 0 Å². The van der Waals surface area contributed by atoms with Gasteiger partial charge in [-0.25, -0.2) is 4.79 Å². The quantitative estimate of drug-likeness (QED) is 0.212. The summed E-state index contributed by atoms with van der Waals surface area (Å²) < 4.78 is 0. The van der Waals surface area contributed by atoms with Crippen molar-refractivity contribution in [3.05, 3.63) is 0 Å². The molecule has 1 heterocycles.